The third kappa shape index (κ3) is 4.49. The molecule has 3 nitrogen and oxygen atoms in total. The molecule has 0 N–H and O–H groups in total. The molecule has 0 bridgehead atoms. The van der Waals surface area contributed by atoms with Crippen molar-refractivity contribution < 1.29 is 14.3 Å². The van der Waals surface area contributed by atoms with Gasteiger partial charge >= 0.3 is 0 Å². The molecular formula is C15H22O3. The van der Waals surface area contributed by atoms with Gasteiger partial charge in [0.1, 0.15) is 11.5 Å². The molecule has 1 rings (SSSR count). The molecule has 0 atom stereocenters. The van der Waals surface area contributed by atoms with E-state index in [0.29, 0.717) is 12.8 Å². The summed E-state index contributed by atoms with van der Waals surface area (Å²) in [4.78, 5) is 11.9. The Balaban J connectivity index is 2.55. The van der Waals surface area contributed by atoms with Crippen LogP contribution in [0.1, 0.15) is 32.3 Å². The molecule has 0 radical (unpaired) electrons. The van der Waals surface area contributed by atoms with Crippen LogP contribution in [0.4, 0.5) is 0 Å². The van der Waals surface area contributed by atoms with Crippen LogP contribution >= 0.6 is 0 Å². The standard InChI is InChI=1S/C15H22O3/c1-15(2,18-4)10-9-13(16)11-12-7-5-6-8-14(12)17-3/h5-8H,9-11H2,1-4H3. The van der Waals surface area contributed by atoms with Gasteiger partial charge in [-0.3, -0.25) is 4.79 Å². The number of ketones is 1. The summed E-state index contributed by atoms with van der Waals surface area (Å²) in [6.45, 7) is 3.98. The van der Waals surface area contributed by atoms with Crippen molar-refractivity contribution in [3.63, 3.8) is 0 Å². The molecule has 0 aromatic heterocycles. The minimum Gasteiger partial charge on any atom is -0.496 e. The van der Waals surface area contributed by atoms with Gasteiger partial charge in [-0.2, -0.15) is 0 Å². The smallest absolute Gasteiger partial charge is 0.137 e. The maximum absolute atomic E-state index is 11.9. The van der Waals surface area contributed by atoms with Crippen LogP contribution in [-0.2, 0) is 16.0 Å². The summed E-state index contributed by atoms with van der Waals surface area (Å²) in [6.07, 6.45) is 1.68. The van der Waals surface area contributed by atoms with Gasteiger partial charge in [0.15, 0.2) is 0 Å². The molecule has 0 aliphatic heterocycles. The highest BCUT2D eigenvalue weighted by Crippen LogP contribution is 2.20. The van der Waals surface area contributed by atoms with Crippen LogP contribution < -0.4 is 4.74 Å². The fraction of sp³-hybridized carbons (Fsp3) is 0.533. The predicted octanol–water partition coefficient (Wildman–Crippen LogP) is 3.01. The summed E-state index contributed by atoms with van der Waals surface area (Å²) in [5.74, 6) is 0.987. The third-order valence-corrected chi connectivity index (χ3v) is 3.14. The lowest BCUT2D eigenvalue weighted by atomic mass is 9.97. The Morgan fingerprint density at radius 2 is 1.89 bits per heavy atom. The summed E-state index contributed by atoms with van der Waals surface area (Å²) in [7, 11) is 3.29. The molecule has 0 amide bonds. The van der Waals surface area contributed by atoms with Crippen molar-refractivity contribution >= 4 is 5.78 Å². The van der Waals surface area contributed by atoms with Crippen molar-refractivity contribution in [3.05, 3.63) is 29.8 Å². The van der Waals surface area contributed by atoms with Crippen LogP contribution in [0.5, 0.6) is 5.75 Å². The zero-order valence-corrected chi connectivity index (χ0v) is 11.7. The van der Waals surface area contributed by atoms with Gasteiger partial charge in [0, 0.05) is 25.5 Å². The highest BCUT2D eigenvalue weighted by atomic mass is 16.5. The second-order valence-electron chi connectivity index (χ2n) is 4.99. The summed E-state index contributed by atoms with van der Waals surface area (Å²) in [5.41, 5.74) is 0.705. The van der Waals surface area contributed by atoms with E-state index in [9.17, 15) is 4.79 Å². The Kier molecular flexibility index (Phi) is 5.35. The van der Waals surface area contributed by atoms with E-state index in [1.165, 1.54) is 0 Å². The third-order valence-electron chi connectivity index (χ3n) is 3.14. The number of ether oxygens (including phenoxy) is 2. The summed E-state index contributed by atoms with van der Waals surface area (Å²) >= 11 is 0. The maximum Gasteiger partial charge on any atom is 0.137 e. The monoisotopic (exact) mass is 250 g/mol. The number of benzene rings is 1. The number of carbonyl (C=O) groups is 1. The highest BCUT2D eigenvalue weighted by molar-refractivity contribution is 5.81. The molecule has 3 heteroatoms. The van der Waals surface area contributed by atoms with E-state index < -0.39 is 0 Å². The molecule has 18 heavy (non-hydrogen) atoms. The van der Waals surface area contributed by atoms with Gasteiger partial charge in [-0.05, 0) is 26.3 Å². The zero-order valence-electron chi connectivity index (χ0n) is 11.7. The summed E-state index contributed by atoms with van der Waals surface area (Å²) in [5, 5.41) is 0. The Bertz CT molecular complexity index is 396. The van der Waals surface area contributed by atoms with Crippen molar-refractivity contribution in [2.24, 2.45) is 0 Å². The lowest BCUT2D eigenvalue weighted by molar-refractivity contribution is -0.119. The number of rotatable bonds is 7. The summed E-state index contributed by atoms with van der Waals surface area (Å²) in [6, 6.07) is 7.63. The van der Waals surface area contributed by atoms with Gasteiger partial charge in [-0.25, -0.2) is 0 Å². The lowest BCUT2D eigenvalue weighted by Gasteiger charge is -2.22. The molecule has 100 valence electrons. The molecule has 0 spiro atoms. The zero-order chi connectivity index (χ0) is 13.6. The molecule has 0 fully saturated rings. The molecule has 0 saturated heterocycles. The number of para-hydroxylation sites is 1. The quantitative estimate of drug-likeness (QED) is 0.746. The van der Waals surface area contributed by atoms with Crippen LogP contribution in [0.25, 0.3) is 0 Å². The van der Waals surface area contributed by atoms with Gasteiger partial charge in [0.05, 0.1) is 12.7 Å². The number of methoxy groups -OCH3 is 2. The minimum atomic E-state index is -0.240. The fourth-order valence-electron chi connectivity index (χ4n) is 1.69. The molecule has 1 aromatic carbocycles. The SMILES string of the molecule is COc1ccccc1CC(=O)CCC(C)(C)OC. The van der Waals surface area contributed by atoms with Crippen LogP contribution in [0, 0.1) is 0 Å². The van der Waals surface area contributed by atoms with E-state index in [4.69, 9.17) is 9.47 Å². The number of hydrogen-bond donors (Lipinski definition) is 0. The Labute approximate surface area is 109 Å². The van der Waals surface area contributed by atoms with E-state index in [1.54, 1.807) is 14.2 Å². The number of Topliss-reactive ketones (excluding diaryl/α,β-unsaturated/α-hetero) is 1. The second kappa shape index (κ2) is 6.55. The van der Waals surface area contributed by atoms with Gasteiger partial charge in [-0.15, -0.1) is 0 Å². The first-order valence-corrected chi connectivity index (χ1v) is 6.17. The number of hydrogen-bond acceptors (Lipinski definition) is 3. The van der Waals surface area contributed by atoms with Crippen molar-refractivity contribution in [2.45, 2.75) is 38.7 Å². The van der Waals surface area contributed by atoms with E-state index in [1.807, 2.05) is 38.1 Å². The van der Waals surface area contributed by atoms with E-state index in [2.05, 4.69) is 0 Å². The first kappa shape index (κ1) is 14.7. The first-order chi connectivity index (χ1) is 8.48. The Hall–Kier alpha value is -1.35. The fourth-order valence-corrected chi connectivity index (χ4v) is 1.69. The number of carbonyl (C=O) groups excluding carboxylic acids is 1. The van der Waals surface area contributed by atoms with Crippen LogP contribution in [0.3, 0.4) is 0 Å². The van der Waals surface area contributed by atoms with Crippen molar-refractivity contribution in [1.29, 1.82) is 0 Å². The lowest BCUT2D eigenvalue weighted by Crippen LogP contribution is -2.23. The normalized spacial score (nSPS) is 11.3. The van der Waals surface area contributed by atoms with E-state index >= 15 is 0 Å². The predicted molar refractivity (Wildman–Crippen MR) is 72.0 cm³/mol. The Morgan fingerprint density at radius 1 is 1.22 bits per heavy atom. The van der Waals surface area contributed by atoms with Gasteiger partial charge in [-0.1, -0.05) is 18.2 Å². The van der Waals surface area contributed by atoms with Crippen molar-refractivity contribution in [2.75, 3.05) is 14.2 Å². The van der Waals surface area contributed by atoms with Gasteiger partial charge < -0.3 is 9.47 Å². The van der Waals surface area contributed by atoms with Gasteiger partial charge in [0.25, 0.3) is 0 Å². The van der Waals surface area contributed by atoms with Crippen LogP contribution in [0.2, 0.25) is 0 Å². The van der Waals surface area contributed by atoms with Crippen LogP contribution in [-0.4, -0.2) is 25.6 Å². The average Bonchev–Trinajstić information content (AvgIpc) is 2.37. The van der Waals surface area contributed by atoms with Crippen molar-refractivity contribution in [3.8, 4) is 5.75 Å². The molecular weight excluding hydrogens is 228 g/mol. The van der Waals surface area contributed by atoms with E-state index in [0.717, 1.165) is 17.7 Å². The molecule has 0 aliphatic rings. The first-order valence-electron chi connectivity index (χ1n) is 6.17. The molecule has 0 saturated carbocycles. The highest BCUT2D eigenvalue weighted by Gasteiger charge is 2.18. The maximum atomic E-state index is 11.9. The molecule has 0 aliphatic carbocycles. The topological polar surface area (TPSA) is 35.5 Å². The van der Waals surface area contributed by atoms with E-state index in [-0.39, 0.29) is 11.4 Å². The molecule has 1 aromatic rings. The van der Waals surface area contributed by atoms with Gasteiger partial charge in [0.2, 0.25) is 0 Å². The molecule has 0 heterocycles. The molecule has 0 unspecified atom stereocenters. The Morgan fingerprint density at radius 3 is 2.50 bits per heavy atom. The van der Waals surface area contributed by atoms with Crippen molar-refractivity contribution in [1.82, 2.24) is 0 Å². The average molecular weight is 250 g/mol. The minimum absolute atomic E-state index is 0.213. The summed E-state index contributed by atoms with van der Waals surface area (Å²) < 4.78 is 10.5. The van der Waals surface area contributed by atoms with Crippen LogP contribution in [0.15, 0.2) is 24.3 Å². The second-order valence-corrected chi connectivity index (χ2v) is 4.99. The largest absolute Gasteiger partial charge is 0.496 e.